The van der Waals surface area contributed by atoms with Gasteiger partial charge >= 0.3 is 0 Å². The Hall–Kier alpha value is -1.66. The average Bonchev–Trinajstić information content (AvgIpc) is 2.40. The van der Waals surface area contributed by atoms with Crippen molar-refractivity contribution in [3.8, 4) is 6.07 Å². The van der Waals surface area contributed by atoms with E-state index in [0.717, 1.165) is 6.07 Å². The lowest BCUT2D eigenvalue weighted by Gasteiger charge is -2.22. The quantitative estimate of drug-likeness (QED) is 0.890. The summed E-state index contributed by atoms with van der Waals surface area (Å²) in [5.41, 5.74) is -0.165. The van der Waals surface area contributed by atoms with E-state index in [1.165, 1.54) is 12.1 Å². The van der Waals surface area contributed by atoms with Crippen molar-refractivity contribution in [3.63, 3.8) is 0 Å². The summed E-state index contributed by atoms with van der Waals surface area (Å²) in [6.45, 7) is 0. The van der Waals surface area contributed by atoms with E-state index in [-0.39, 0.29) is 35.6 Å². The zero-order chi connectivity index (χ0) is 15.7. The first kappa shape index (κ1) is 15.7. The number of nitriles is 1. The third-order valence-electron chi connectivity index (χ3n) is 3.29. The number of nitrogens with zero attached hydrogens (tertiary/aromatic N) is 1. The molecule has 6 nitrogen and oxygen atoms in total. The Labute approximate surface area is 122 Å². The molecule has 1 aliphatic heterocycles. The lowest BCUT2D eigenvalue weighted by atomic mass is 10.2. The number of halogens is 1. The molecule has 114 valence electrons. The average molecular weight is 332 g/mol. The van der Waals surface area contributed by atoms with Gasteiger partial charge in [-0.1, -0.05) is 0 Å². The van der Waals surface area contributed by atoms with E-state index in [9.17, 15) is 21.2 Å². The second-order valence-corrected chi connectivity index (χ2v) is 9.07. The Morgan fingerprint density at radius 2 is 1.90 bits per heavy atom. The number of anilines is 1. The monoisotopic (exact) mass is 332 g/mol. The molecule has 0 bridgehead atoms. The standard InChI is InChI=1S/C12H13FN2O4S2/c13-11-7-9(8-14)1-2-12(11)15-21(18,19)10-3-5-20(16,17)6-4-10/h1-2,7,10,15H,3-6H2. The third-order valence-corrected chi connectivity index (χ3v) is 6.86. The van der Waals surface area contributed by atoms with Gasteiger partial charge in [-0.25, -0.2) is 21.2 Å². The van der Waals surface area contributed by atoms with Crippen molar-refractivity contribution in [2.75, 3.05) is 16.2 Å². The maximum absolute atomic E-state index is 13.7. The van der Waals surface area contributed by atoms with Gasteiger partial charge in [-0.3, -0.25) is 4.72 Å². The van der Waals surface area contributed by atoms with Gasteiger partial charge in [-0.2, -0.15) is 5.26 Å². The minimum atomic E-state index is -3.87. The van der Waals surface area contributed by atoms with Gasteiger partial charge in [0.1, 0.15) is 15.7 Å². The summed E-state index contributed by atoms with van der Waals surface area (Å²) in [6.07, 6.45) is -0.00880. The zero-order valence-electron chi connectivity index (χ0n) is 10.9. The summed E-state index contributed by atoms with van der Waals surface area (Å²) in [4.78, 5) is 0. The number of rotatable bonds is 3. The van der Waals surface area contributed by atoms with Crippen LogP contribution in [0.4, 0.5) is 10.1 Å². The van der Waals surface area contributed by atoms with Crippen LogP contribution in [-0.4, -0.2) is 33.6 Å². The Morgan fingerprint density at radius 3 is 2.43 bits per heavy atom. The molecule has 1 N–H and O–H groups in total. The molecule has 1 aromatic carbocycles. The summed E-state index contributed by atoms with van der Waals surface area (Å²) in [5.74, 6) is -1.22. The van der Waals surface area contributed by atoms with Crippen LogP contribution < -0.4 is 4.72 Å². The van der Waals surface area contributed by atoms with E-state index in [4.69, 9.17) is 5.26 Å². The number of sulfonamides is 1. The fourth-order valence-corrected chi connectivity index (χ4v) is 5.37. The summed E-state index contributed by atoms with van der Waals surface area (Å²) >= 11 is 0. The normalized spacial score (nSPS) is 18.9. The first-order valence-corrected chi connectivity index (χ1v) is 9.52. The van der Waals surface area contributed by atoms with Crippen LogP contribution in [0.5, 0.6) is 0 Å². The van der Waals surface area contributed by atoms with Crippen molar-refractivity contribution in [2.45, 2.75) is 18.1 Å². The predicted octanol–water partition coefficient (Wildman–Crippen LogP) is 1.02. The summed E-state index contributed by atoms with van der Waals surface area (Å²) in [6, 6.07) is 5.15. The van der Waals surface area contributed by atoms with Gasteiger partial charge in [0.15, 0.2) is 0 Å². The summed E-state index contributed by atoms with van der Waals surface area (Å²) in [5, 5.41) is 7.76. The molecule has 0 aromatic heterocycles. The fraction of sp³-hybridized carbons (Fsp3) is 0.417. The molecule has 0 spiro atoms. The Morgan fingerprint density at radius 1 is 1.29 bits per heavy atom. The Balaban J connectivity index is 2.17. The minimum Gasteiger partial charge on any atom is -0.280 e. The number of nitrogens with one attached hydrogen (secondary N) is 1. The molecule has 9 heteroatoms. The van der Waals surface area contributed by atoms with Crippen LogP contribution in [0.25, 0.3) is 0 Å². The molecule has 1 heterocycles. The largest absolute Gasteiger partial charge is 0.280 e. The van der Waals surface area contributed by atoms with Crippen molar-refractivity contribution in [3.05, 3.63) is 29.6 Å². The predicted molar refractivity (Wildman–Crippen MR) is 75.3 cm³/mol. The molecule has 1 saturated heterocycles. The molecule has 0 aliphatic carbocycles. The van der Waals surface area contributed by atoms with Crippen LogP contribution in [0.3, 0.4) is 0 Å². The van der Waals surface area contributed by atoms with Crippen molar-refractivity contribution < 1.29 is 21.2 Å². The van der Waals surface area contributed by atoms with Gasteiger partial charge in [-0.05, 0) is 31.0 Å². The molecule has 2 rings (SSSR count). The first-order valence-electron chi connectivity index (χ1n) is 6.15. The zero-order valence-corrected chi connectivity index (χ0v) is 12.5. The number of sulfone groups is 1. The van der Waals surface area contributed by atoms with Gasteiger partial charge in [0.05, 0.1) is 34.1 Å². The molecular formula is C12H13FN2O4S2. The molecule has 0 amide bonds. The molecular weight excluding hydrogens is 319 g/mol. The lowest BCUT2D eigenvalue weighted by molar-refractivity contribution is 0.555. The molecule has 1 fully saturated rings. The maximum atomic E-state index is 13.7. The summed E-state index contributed by atoms with van der Waals surface area (Å²) in [7, 11) is -7.03. The highest BCUT2D eigenvalue weighted by molar-refractivity contribution is 7.94. The highest BCUT2D eigenvalue weighted by Gasteiger charge is 2.33. The van der Waals surface area contributed by atoms with E-state index in [1.807, 2.05) is 0 Å². The van der Waals surface area contributed by atoms with E-state index >= 15 is 0 Å². The van der Waals surface area contributed by atoms with E-state index < -0.39 is 30.9 Å². The Kier molecular flexibility index (Phi) is 4.20. The van der Waals surface area contributed by atoms with Crippen molar-refractivity contribution in [1.82, 2.24) is 0 Å². The fourth-order valence-electron chi connectivity index (χ4n) is 2.08. The number of hydrogen-bond acceptors (Lipinski definition) is 5. The molecule has 0 radical (unpaired) electrons. The highest BCUT2D eigenvalue weighted by Crippen LogP contribution is 2.23. The van der Waals surface area contributed by atoms with Crippen LogP contribution in [-0.2, 0) is 19.9 Å². The molecule has 1 aliphatic rings. The van der Waals surface area contributed by atoms with Gasteiger partial charge in [-0.15, -0.1) is 0 Å². The van der Waals surface area contributed by atoms with Crippen LogP contribution in [0.15, 0.2) is 18.2 Å². The molecule has 0 atom stereocenters. The second-order valence-electron chi connectivity index (χ2n) is 4.80. The van der Waals surface area contributed by atoms with Crippen molar-refractivity contribution >= 4 is 25.5 Å². The minimum absolute atomic E-state index is 0.00440. The van der Waals surface area contributed by atoms with Crippen molar-refractivity contribution in [1.29, 1.82) is 5.26 Å². The van der Waals surface area contributed by atoms with Gasteiger partial charge < -0.3 is 0 Å². The molecule has 21 heavy (non-hydrogen) atoms. The Bertz CT molecular complexity index is 783. The second kappa shape index (κ2) is 5.61. The van der Waals surface area contributed by atoms with E-state index in [0.29, 0.717) is 0 Å². The van der Waals surface area contributed by atoms with Crippen LogP contribution in [0, 0.1) is 17.1 Å². The third kappa shape index (κ3) is 3.71. The maximum Gasteiger partial charge on any atom is 0.235 e. The molecule has 0 unspecified atom stereocenters. The molecule has 0 saturated carbocycles. The van der Waals surface area contributed by atoms with Gasteiger partial charge in [0.2, 0.25) is 10.0 Å². The first-order chi connectivity index (χ1) is 9.73. The van der Waals surface area contributed by atoms with Crippen LogP contribution in [0.2, 0.25) is 0 Å². The van der Waals surface area contributed by atoms with Crippen LogP contribution in [0.1, 0.15) is 18.4 Å². The SMILES string of the molecule is N#Cc1ccc(NS(=O)(=O)C2CCS(=O)(=O)CC2)c(F)c1. The van der Waals surface area contributed by atoms with Gasteiger partial charge in [0, 0.05) is 0 Å². The summed E-state index contributed by atoms with van der Waals surface area (Å²) < 4.78 is 62.7. The smallest absolute Gasteiger partial charge is 0.235 e. The van der Waals surface area contributed by atoms with Gasteiger partial charge in [0.25, 0.3) is 0 Å². The van der Waals surface area contributed by atoms with Crippen LogP contribution >= 0.6 is 0 Å². The highest BCUT2D eigenvalue weighted by atomic mass is 32.2. The van der Waals surface area contributed by atoms with Crippen molar-refractivity contribution in [2.24, 2.45) is 0 Å². The topological polar surface area (TPSA) is 104 Å². The number of benzene rings is 1. The lowest BCUT2D eigenvalue weighted by Crippen LogP contribution is -2.36. The molecule has 1 aromatic rings. The number of hydrogen-bond donors (Lipinski definition) is 1. The van der Waals surface area contributed by atoms with E-state index in [1.54, 1.807) is 6.07 Å². The van der Waals surface area contributed by atoms with E-state index in [2.05, 4.69) is 4.72 Å².